The molecule has 0 aliphatic carbocycles. The lowest BCUT2D eigenvalue weighted by Gasteiger charge is -2.24. The second-order valence-corrected chi connectivity index (χ2v) is 4.56. The predicted molar refractivity (Wildman–Crippen MR) is 66.3 cm³/mol. The highest BCUT2D eigenvalue weighted by atomic mass is 16.6. The number of nitro benzene ring substituents is 1. The predicted octanol–water partition coefficient (Wildman–Crippen LogP) is 2.23. The molecule has 0 heterocycles. The molecular formula is C12H18N2O3. The monoisotopic (exact) mass is 238 g/mol. The van der Waals surface area contributed by atoms with E-state index in [0.29, 0.717) is 24.3 Å². The number of nitrogens with two attached hydrogens (primary N) is 1. The molecule has 5 nitrogen and oxygen atoms in total. The molecule has 17 heavy (non-hydrogen) atoms. The van der Waals surface area contributed by atoms with E-state index in [1.165, 1.54) is 6.07 Å². The third-order valence-corrected chi connectivity index (χ3v) is 2.90. The average Bonchev–Trinajstić information content (AvgIpc) is 2.28. The summed E-state index contributed by atoms with van der Waals surface area (Å²) in [4.78, 5) is 10.6. The van der Waals surface area contributed by atoms with Gasteiger partial charge in [-0.2, -0.15) is 0 Å². The fourth-order valence-electron chi connectivity index (χ4n) is 1.84. The van der Waals surface area contributed by atoms with Crippen LogP contribution in [0.3, 0.4) is 0 Å². The summed E-state index contributed by atoms with van der Waals surface area (Å²) in [5.41, 5.74) is 5.98. The second-order valence-electron chi connectivity index (χ2n) is 4.56. The first-order chi connectivity index (χ1) is 7.92. The van der Waals surface area contributed by atoms with Crippen LogP contribution in [0.4, 0.5) is 5.69 Å². The van der Waals surface area contributed by atoms with Gasteiger partial charge in [0.2, 0.25) is 0 Å². The maximum absolute atomic E-state index is 11.0. The second kappa shape index (κ2) is 5.14. The number of hydrogen-bond acceptors (Lipinski definition) is 4. The van der Waals surface area contributed by atoms with E-state index in [4.69, 9.17) is 10.5 Å². The van der Waals surface area contributed by atoms with Crippen LogP contribution in [-0.2, 0) is 5.41 Å². The van der Waals surface area contributed by atoms with Gasteiger partial charge >= 0.3 is 0 Å². The van der Waals surface area contributed by atoms with E-state index >= 15 is 0 Å². The van der Waals surface area contributed by atoms with Crippen LogP contribution in [0.25, 0.3) is 0 Å². The molecule has 0 aliphatic rings. The molecule has 2 N–H and O–H groups in total. The Morgan fingerprint density at radius 1 is 1.47 bits per heavy atom. The number of ether oxygens (including phenoxy) is 1. The molecule has 0 fully saturated rings. The molecular weight excluding hydrogens is 220 g/mol. The van der Waals surface area contributed by atoms with Gasteiger partial charge in [0.25, 0.3) is 5.69 Å². The van der Waals surface area contributed by atoms with E-state index in [1.54, 1.807) is 19.2 Å². The summed E-state index contributed by atoms with van der Waals surface area (Å²) < 4.78 is 5.11. The molecule has 0 saturated heterocycles. The normalized spacial score (nSPS) is 11.3. The van der Waals surface area contributed by atoms with Crippen LogP contribution in [0.1, 0.15) is 25.8 Å². The lowest BCUT2D eigenvalue weighted by Crippen LogP contribution is -2.23. The first kappa shape index (κ1) is 13.4. The van der Waals surface area contributed by atoms with Gasteiger partial charge in [-0.05, 0) is 30.5 Å². The van der Waals surface area contributed by atoms with Crippen LogP contribution in [0.5, 0.6) is 5.75 Å². The Morgan fingerprint density at radius 2 is 2.12 bits per heavy atom. The summed E-state index contributed by atoms with van der Waals surface area (Å²) in [6.45, 7) is 4.38. The van der Waals surface area contributed by atoms with Crippen LogP contribution in [0.15, 0.2) is 18.2 Å². The van der Waals surface area contributed by atoms with Gasteiger partial charge < -0.3 is 10.5 Å². The Morgan fingerprint density at radius 3 is 2.59 bits per heavy atom. The van der Waals surface area contributed by atoms with Crippen molar-refractivity contribution in [1.82, 2.24) is 0 Å². The van der Waals surface area contributed by atoms with Crippen molar-refractivity contribution in [3.05, 3.63) is 33.9 Å². The first-order valence-corrected chi connectivity index (χ1v) is 5.45. The van der Waals surface area contributed by atoms with Crippen molar-refractivity contribution in [3.8, 4) is 5.75 Å². The fourth-order valence-corrected chi connectivity index (χ4v) is 1.84. The van der Waals surface area contributed by atoms with Gasteiger partial charge in [0.1, 0.15) is 5.75 Å². The molecule has 0 spiro atoms. The number of benzene rings is 1. The van der Waals surface area contributed by atoms with Gasteiger partial charge in [-0.1, -0.05) is 13.8 Å². The first-order valence-electron chi connectivity index (χ1n) is 5.45. The van der Waals surface area contributed by atoms with E-state index < -0.39 is 0 Å². The molecule has 0 aliphatic heterocycles. The zero-order valence-electron chi connectivity index (χ0n) is 10.4. The van der Waals surface area contributed by atoms with Crippen molar-refractivity contribution in [2.45, 2.75) is 25.7 Å². The van der Waals surface area contributed by atoms with Crippen LogP contribution in [-0.4, -0.2) is 18.6 Å². The number of hydrogen-bond donors (Lipinski definition) is 1. The SMILES string of the molecule is COc1ccc([N+](=O)[O-])c(C(C)(C)CCN)c1. The minimum absolute atomic E-state index is 0.115. The van der Waals surface area contributed by atoms with Gasteiger partial charge in [0.15, 0.2) is 0 Å². The van der Waals surface area contributed by atoms with E-state index in [2.05, 4.69) is 0 Å². The molecule has 0 aromatic heterocycles. The third-order valence-electron chi connectivity index (χ3n) is 2.90. The summed E-state index contributed by atoms with van der Waals surface area (Å²) in [5, 5.41) is 11.0. The van der Waals surface area contributed by atoms with Crippen LogP contribution >= 0.6 is 0 Å². The average molecular weight is 238 g/mol. The molecule has 0 radical (unpaired) electrons. The van der Waals surface area contributed by atoms with Crippen molar-refractivity contribution >= 4 is 5.69 Å². The molecule has 1 rings (SSSR count). The number of rotatable bonds is 5. The quantitative estimate of drug-likeness (QED) is 0.630. The molecule has 94 valence electrons. The topological polar surface area (TPSA) is 78.4 Å². The van der Waals surface area contributed by atoms with Crippen molar-refractivity contribution < 1.29 is 9.66 Å². The van der Waals surface area contributed by atoms with Crippen LogP contribution < -0.4 is 10.5 Å². The molecule has 0 saturated carbocycles. The Bertz CT molecular complexity index is 416. The van der Waals surface area contributed by atoms with Crippen molar-refractivity contribution in [2.24, 2.45) is 5.73 Å². The Hall–Kier alpha value is -1.62. The molecule has 1 aromatic rings. The standard InChI is InChI=1S/C12H18N2O3/c1-12(2,6-7-13)10-8-9(17-3)4-5-11(10)14(15)16/h4-5,8H,6-7,13H2,1-3H3. The van der Waals surface area contributed by atoms with Gasteiger partial charge in [0.05, 0.1) is 12.0 Å². The minimum Gasteiger partial charge on any atom is -0.497 e. The molecule has 0 unspecified atom stereocenters. The number of nitro groups is 1. The zero-order chi connectivity index (χ0) is 13.1. The van der Waals surface area contributed by atoms with E-state index in [-0.39, 0.29) is 16.0 Å². The Kier molecular flexibility index (Phi) is 4.07. The summed E-state index contributed by atoms with van der Waals surface area (Å²) in [6, 6.07) is 4.79. The van der Waals surface area contributed by atoms with Gasteiger partial charge in [0, 0.05) is 11.6 Å². The fraction of sp³-hybridized carbons (Fsp3) is 0.500. The summed E-state index contributed by atoms with van der Waals surface area (Å²) in [7, 11) is 1.54. The molecule has 5 heteroatoms. The molecule has 0 amide bonds. The molecule has 1 aromatic carbocycles. The number of methoxy groups -OCH3 is 1. The van der Waals surface area contributed by atoms with Gasteiger partial charge in [-0.15, -0.1) is 0 Å². The maximum atomic E-state index is 11.0. The van der Waals surface area contributed by atoms with E-state index in [0.717, 1.165) is 0 Å². The van der Waals surface area contributed by atoms with Crippen molar-refractivity contribution in [1.29, 1.82) is 0 Å². The number of nitrogens with zero attached hydrogens (tertiary/aromatic N) is 1. The van der Waals surface area contributed by atoms with E-state index in [1.807, 2.05) is 13.8 Å². The Labute approximate surface area is 101 Å². The largest absolute Gasteiger partial charge is 0.497 e. The van der Waals surface area contributed by atoms with Crippen molar-refractivity contribution in [3.63, 3.8) is 0 Å². The summed E-state index contributed by atoms with van der Waals surface area (Å²) >= 11 is 0. The maximum Gasteiger partial charge on any atom is 0.273 e. The lowest BCUT2D eigenvalue weighted by molar-refractivity contribution is -0.386. The van der Waals surface area contributed by atoms with Gasteiger partial charge in [-0.25, -0.2) is 0 Å². The van der Waals surface area contributed by atoms with Gasteiger partial charge in [-0.3, -0.25) is 10.1 Å². The summed E-state index contributed by atoms with van der Waals surface area (Å²) in [5.74, 6) is 0.621. The Balaban J connectivity index is 3.31. The lowest BCUT2D eigenvalue weighted by atomic mass is 9.80. The third kappa shape index (κ3) is 2.94. The van der Waals surface area contributed by atoms with Crippen LogP contribution in [0, 0.1) is 10.1 Å². The highest BCUT2D eigenvalue weighted by Gasteiger charge is 2.28. The zero-order valence-corrected chi connectivity index (χ0v) is 10.4. The minimum atomic E-state index is -0.368. The molecule has 0 bridgehead atoms. The highest BCUT2D eigenvalue weighted by Crippen LogP contribution is 2.36. The highest BCUT2D eigenvalue weighted by molar-refractivity contribution is 5.49. The van der Waals surface area contributed by atoms with Crippen molar-refractivity contribution in [2.75, 3.05) is 13.7 Å². The summed E-state index contributed by atoms with van der Waals surface area (Å²) in [6.07, 6.45) is 0.682. The smallest absolute Gasteiger partial charge is 0.273 e. The van der Waals surface area contributed by atoms with Crippen LogP contribution in [0.2, 0.25) is 0 Å². The van der Waals surface area contributed by atoms with E-state index in [9.17, 15) is 10.1 Å². The molecule has 0 atom stereocenters.